The maximum absolute atomic E-state index is 8.90. The molecule has 0 unspecified atom stereocenters. The van der Waals surface area contributed by atoms with Crippen molar-refractivity contribution >= 4 is 23.7 Å². The topological polar surface area (TPSA) is 107 Å². The summed E-state index contributed by atoms with van der Waals surface area (Å²) in [5.41, 5.74) is 4.30. The SMILES string of the molecule is N#Cc1ccc(-c2nccn3nc(NC4=CC5=CNSN5C=C4)nc23)cn1. The van der Waals surface area contributed by atoms with Crippen LogP contribution in [0.25, 0.3) is 16.9 Å². The summed E-state index contributed by atoms with van der Waals surface area (Å²) in [4.78, 5) is 13.1. The first-order valence-electron chi connectivity index (χ1n) is 7.97. The van der Waals surface area contributed by atoms with E-state index in [9.17, 15) is 0 Å². The molecule has 5 heterocycles. The standard InChI is InChI=1S/C17H11N9S/c18-8-13-2-1-11(9-20-13)15-16-23-17(24-25(16)6-4-19-15)22-12-3-5-26-14(7-12)10-21-27-26/h1-7,9-10,21H,(H,22,24). The average molecular weight is 373 g/mol. The number of anilines is 1. The fourth-order valence-corrected chi connectivity index (χ4v) is 3.34. The lowest BCUT2D eigenvalue weighted by Gasteiger charge is -2.17. The van der Waals surface area contributed by atoms with E-state index >= 15 is 0 Å². The van der Waals surface area contributed by atoms with Crippen LogP contribution in [0.4, 0.5) is 5.95 Å². The maximum Gasteiger partial charge on any atom is 0.247 e. The van der Waals surface area contributed by atoms with Gasteiger partial charge < -0.3 is 10.0 Å². The third kappa shape index (κ3) is 2.76. The molecule has 5 rings (SSSR count). The van der Waals surface area contributed by atoms with E-state index in [0.717, 1.165) is 17.0 Å². The number of nitrogens with zero attached hydrogens (tertiary/aromatic N) is 7. The Kier molecular flexibility index (Phi) is 3.51. The summed E-state index contributed by atoms with van der Waals surface area (Å²) >= 11 is 1.50. The van der Waals surface area contributed by atoms with E-state index in [2.05, 4.69) is 30.1 Å². The molecule has 0 saturated heterocycles. The summed E-state index contributed by atoms with van der Waals surface area (Å²) in [6, 6.07) is 5.46. The molecule has 2 aliphatic rings. The van der Waals surface area contributed by atoms with Gasteiger partial charge in [-0.05, 0) is 24.3 Å². The first-order chi connectivity index (χ1) is 13.3. The second-order valence-electron chi connectivity index (χ2n) is 5.67. The summed E-state index contributed by atoms with van der Waals surface area (Å²) < 4.78 is 6.77. The molecule has 0 bridgehead atoms. The van der Waals surface area contributed by atoms with E-state index < -0.39 is 0 Å². The minimum absolute atomic E-state index is 0.355. The van der Waals surface area contributed by atoms with Crippen LogP contribution in [0.5, 0.6) is 0 Å². The molecule has 0 saturated carbocycles. The van der Waals surface area contributed by atoms with Crippen LogP contribution >= 0.6 is 12.1 Å². The van der Waals surface area contributed by atoms with Gasteiger partial charge in [0.25, 0.3) is 0 Å². The van der Waals surface area contributed by atoms with E-state index in [0.29, 0.717) is 23.0 Å². The van der Waals surface area contributed by atoms with Gasteiger partial charge >= 0.3 is 0 Å². The molecule has 2 N–H and O–H groups in total. The Bertz CT molecular complexity index is 1170. The van der Waals surface area contributed by atoms with Gasteiger partial charge in [0.05, 0.1) is 17.8 Å². The Labute approximate surface area is 158 Å². The average Bonchev–Trinajstić information content (AvgIpc) is 3.33. The minimum Gasteiger partial charge on any atom is -0.323 e. The van der Waals surface area contributed by atoms with Crippen LogP contribution in [0.2, 0.25) is 0 Å². The zero-order chi connectivity index (χ0) is 18.2. The molecule has 0 aliphatic carbocycles. The second kappa shape index (κ2) is 6.15. The van der Waals surface area contributed by atoms with Gasteiger partial charge in [-0.1, -0.05) is 0 Å². The quantitative estimate of drug-likeness (QED) is 0.668. The summed E-state index contributed by atoms with van der Waals surface area (Å²) in [6.07, 6.45) is 12.8. The molecule has 9 nitrogen and oxygen atoms in total. The molecule has 0 aromatic carbocycles. The molecule has 10 heteroatoms. The van der Waals surface area contributed by atoms with Crippen molar-refractivity contribution in [2.45, 2.75) is 0 Å². The van der Waals surface area contributed by atoms with Crippen LogP contribution in [0.15, 0.2) is 66.7 Å². The van der Waals surface area contributed by atoms with Crippen molar-refractivity contribution in [2.75, 3.05) is 5.32 Å². The number of rotatable bonds is 3. The van der Waals surface area contributed by atoms with Crippen molar-refractivity contribution in [2.24, 2.45) is 0 Å². The number of hydrogen-bond acceptors (Lipinski definition) is 9. The highest BCUT2D eigenvalue weighted by molar-refractivity contribution is 7.95. The van der Waals surface area contributed by atoms with Crippen LogP contribution < -0.4 is 10.0 Å². The highest BCUT2D eigenvalue weighted by Gasteiger charge is 2.17. The van der Waals surface area contributed by atoms with Crippen molar-refractivity contribution in [3.63, 3.8) is 0 Å². The molecular formula is C17H11N9S. The molecule has 130 valence electrons. The number of hydrogen-bond donors (Lipinski definition) is 2. The third-order valence-electron chi connectivity index (χ3n) is 3.97. The van der Waals surface area contributed by atoms with Gasteiger partial charge in [0.15, 0.2) is 5.65 Å². The van der Waals surface area contributed by atoms with Crippen LogP contribution in [0.3, 0.4) is 0 Å². The van der Waals surface area contributed by atoms with Crippen molar-refractivity contribution in [1.82, 2.24) is 33.6 Å². The fourth-order valence-electron chi connectivity index (χ4n) is 2.72. The Morgan fingerprint density at radius 1 is 1.26 bits per heavy atom. The predicted octanol–water partition coefficient (Wildman–Crippen LogP) is 2.19. The van der Waals surface area contributed by atoms with E-state index in [4.69, 9.17) is 5.26 Å². The Balaban J connectivity index is 1.49. The second-order valence-corrected chi connectivity index (χ2v) is 6.48. The van der Waals surface area contributed by atoms with E-state index in [1.165, 1.54) is 12.1 Å². The van der Waals surface area contributed by atoms with Crippen LogP contribution in [-0.4, -0.2) is 28.9 Å². The molecule has 3 aromatic rings. The van der Waals surface area contributed by atoms with Crippen LogP contribution in [-0.2, 0) is 0 Å². The first kappa shape index (κ1) is 15.4. The molecule has 0 amide bonds. The summed E-state index contributed by atoms with van der Waals surface area (Å²) in [7, 11) is 0. The Morgan fingerprint density at radius 2 is 2.22 bits per heavy atom. The lowest BCUT2D eigenvalue weighted by Crippen LogP contribution is -2.10. The third-order valence-corrected chi connectivity index (χ3v) is 4.72. The lowest BCUT2D eigenvalue weighted by atomic mass is 10.2. The number of nitrogens with one attached hydrogen (secondary N) is 2. The highest BCUT2D eigenvalue weighted by atomic mass is 32.2. The van der Waals surface area contributed by atoms with Gasteiger partial charge in [-0.15, -0.1) is 5.10 Å². The lowest BCUT2D eigenvalue weighted by molar-refractivity contribution is 0.801. The van der Waals surface area contributed by atoms with Crippen molar-refractivity contribution in [3.05, 3.63) is 72.4 Å². The predicted molar refractivity (Wildman–Crippen MR) is 100 cm³/mol. The van der Waals surface area contributed by atoms with Crippen LogP contribution in [0.1, 0.15) is 5.69 Å². The van der Waals surface area contributed by atoms with Crippen molar-refractivity contribution in [1.29, 1.82) is 5.26 Å². The van der Waals surface area contributed by atoms with Gasteiger partial charge in [-0.3, -0.25) is 9.29 Å². The van der Waals surface area contributed by atoms with E-state index in [-0.39, 0.29) is 0 Å². The molecule has 0 atom stereocenters. The van der Waals surface area contributed by atoms with Crippen molar-refractivity contribution in [3.8, 4) is 17.3 Å². The van der Waals surface area contributed by atoms with Gasteiger partial charge in [0.1, 0.15) is 17.5 Å². The van der Waals surface area contributed by atoms with E-state index in [1.807, 2.05) is 34.9 Å². The zero-order valence-electron chi connectivity index (χ0n) is 13.7. The summed E-state index contributed by atoms with van der Waals surface area (Å²) in [5, 5.41) is 16.6. The zero-order valence-corrected chi connectivity index (χ0v) is 14.6. The number of allylic oxidation sites excluding steroid dienone is 2. The van der Waals surface area contributed by atoms with E-state index in [1.54, 1.807) is 35.2 Å². The van der Waals surface area contributed by atoms with Gasteiger partial charge in [-0.25, -0.2) is 9.50 Å². The molecule has 27 heavy (non-hydrogen) atoms. The molecule has 0 radical (unpaired) electrons. The Hall–Kier alpha value is -3.84. The number of fused-ring (bicyclic) bond motifs is 2. The summed E-state index contributed by atoms with van der Waals surface area (Å²) in [6.45, 7) is 0. The smallest absolute Gasteiger partial charge is 0.247 e. The maximum atomic E-state index is 8.90. The monoisotopic (exact) mass is 373 g/mol. The number of pyridine rings is 1. The molecule has 0 spiro atoms. The Morgan fingerprint density at radius 3 is 3.07 bits per heavy atom. The highest BCUT2D eigenvalue weighted by Crippen LogP contribution is 2.28. The number of nitriles is 1. The van der Waals surface area contributed by atoms with Gasteiger partial charge in [0.2, 0.25) is 5.95 Å². The normalized spacial score (nSPS) is 15.0. The molecule has 0 fully saturated rings. The van der Waals surface area contributed by atoms with Crippen molar-refractivity contribution < 1.29 is 0 Å². The molecule has 3 aromatic heterocycles. The number of aromatic nitrogens is 5. The molecule has 2 aliphatic heterocycles. The summed E-state index contributed by atoms with van der Waals surface area (Å²) in [5.74, 6) is 0.467. The van der Waals surface area contributed by atoms with Crippen LogP contribution in [0, 0.1) is 11.3 Å². The molecular weight excluding hydrogens is 362 g/mol. The minimum atomic E-state index is 0.355. The largest absolute Gasteiger partial charge is 0.323 e. The van der Waals surface area contributed by atoms with Gasteiger partial charge in [0, 0.05) is 42.3 Å². The first-order valence-corrected chi connectivity index (χ1v) is 8.74. The fraction of sp³-hybridized carbons (Fsp3) is 0. The van der Waals surface area contributed by atoms with Gasteiger partial charge in [-0.2, -0.15) is 10.2 Å².